The molecule has 0 radical (unpaired) electrons. The lowest BCUT2D eigenvalue weighted by Crippen LogP contribution is -2.44. The number of aromatic nitrogens is 8. The molecular weight excluding hydrogens is 685 g/mol. The normalized spacial score (nSPS) is 11.3. The van der Waals surface area contributed by atoms with Crippen LogP contribution in [0.2, 0.25) is 0 Å². The third kappa shape index (κ3) is 8.05. The predicted molar refractivity (Wildman–Crippen MR) is 196 cm³/mol. The van der Waals surface area contributed by atoms with E-state index in [1.165, 1.54) is 35.0 Å². The van der Waals surface area contributed by atoms with Crippen molar-refractivity contribution in [2.75, 3.05) is 23.0 Å². The Hall–Kier alpha value is -5.67. The molecule has 4 heterocycles. The highest BCUT2D eigenvalue weighted by Gasteiger charge is 2.37. The minimum atomic E-state index is -0.969. The van der Waals surface area contributed by atoms with Gasteiger partial charge in [-0.05, 0) is 79.2 Å². The fourth-order valence-electron chi connectivity index (χ4n) is 5.24. The predicted octanol–water partition coefficient (Wildman–Crippen LogP) is 5.32. The first-order chi connectivity index (χ1) is 24.6. The number of hydrogen-bond acceptors (Lipinski definition) is 10. The van der Waals surface area contributed by atoms with Crippen molar-refractivity contribution in [3.63, 3.8) is 0 Å². The summed E-state index contributed by atoms with van der Waals surface area (Å²) in [6.45, 7) is 5.18. The molecule has 2 aromatic carbocycles. The SMILES string of the molecule is CC(=O)n1c(-c2ccncc2)n[n+](Cn2c(SC(C)(C)C(=O)N(C)c3ccccc3)nnc2-c2ccncc2)c1SCC(=O)Nc1ccccc1. The molecule has 0 spiro atoms. The molecule has 6 rings (SSSR count). The number of nitrogens with zero attached hydrogens (tertiary/aromatic N) is 9. The summed E-state index contributed by atoms with van der Waals surface area (Å²) in [7, 11) is 1.75. The van der Waals surface area contributed by atoms with E-state index in [0.29, 0.717) is 33.2 Å². The van der Waals surface area contributed by atoms with Crippen LogP contribution >= 0.6 is 23.5 Å². The summed E-state index contributed by atoms with van der Waals surface area (Å²) >= 11 is 2.44. The van der Waals surface area contributed by atoms with E-state index in [2.05, 4.69) is 25.5 Å². The number of para-hydroxylation sites is 2. The van der Waals surface area contributed by atoms with Crippen LogP contribution in [0, 0.1) is 0 Å². The Morgan fingerprint density at radius 1 is 0.824 bits per heavy atom. The Balaban J connectivity index is 1.41. The summed E-state index contributed by atoms with van der Waals surface area (Å²) in [6.07, 6.45) is 6.58. The van der Waals surface area contributed by atoms with Crippen LogP contribution in [0.1, 0.15) is 25.6 Å². The van der Waals surface area contributed by atoms with Gasteiger partial charge in [-0.3, -0.25) is 24.1 Å². The molecule has 0 aliphatic rings. The van der Waals surface area contributed by atoms with Gasteiger partial charge in [-0.25, -0.2) is 4.79 Å². The second-order valence-corrected chi connectivity index (χ2v) is 14.4. The molecular formula is C36H35N10O3S2+. The molecule has 1 N–H and O–H groups in total. The van der Waals surface area contributed by atoms with Gasteiger partial charge >= 0.3 is 11.1 Å². The van der Waals surface area contributed by atoms with Crippen molar-refractivity contribution >= 4 is 52.6 Å². The van der Waals surface area contributed by atoms with E-state index in [9.17, 15) is 14.4 Å². The third-order valence-electron chi connectivity index (χ3n) is 7.72. The molecule has 0 aliphatic carbocycles. The fourth-order valence-corrected chi connectivity index (χ4v) is 7.18. The highest BCUT2D eigenvalue weighted by molar-refractivity contribution is 8.01. The Kier molecular flexibility index (Phi) is 10.7. The number of rotatable bonds is 12. The van der Waals surface area contributed by atoms with Crippen LogP contribution in [0.4, 0.5) is 11.4 Å². The Labute approximate surface area is 303 Å². The maximum atomic E-state index is 13.9. The number of nitrogens with one attached hydrogen (secondary N) is 1. The maximum absolute atomic E-state index is 13.9. The monoisotopic (exact) mass is 719 g/mol. The van der Waals surface area contributed by atoms with E-state index >= 15 is 0 Å². The highest BCUT2D eigenvalue weighted by Crippen LogP contribution is 2.36. The zero-order valence-corrected chi connectivity index (χ0v) is 30.0. The zero-order valence-electron chi connectivity index (χ0n) is 28.4. The molecule has 0 atom stereocenters. The molecule has 51 heavy (non-hydrogen) atoms. The van der Waals surface area contributed by atoms with Gasteiger partial charge < -0.3 is 10.2 Å². The first kappa shape index (κ1) is 35.2. The average molecular weight is 720 g/mol. The van der Waals surface area contributed by atoms with Gasteiger partial charge in [-0.15, -0.1) is 19.4 Å². The first-order valence-corrected chi connectivity index (χ1v) is 17.7. The van der Waals surface area contributed by atoms with E-state index in [1.807, 2.05) is 79.1 Å². The molecule has 0 saturated carbocycles. The average Bonchev–Trinajstić information content (AvgIpc) is 3.72. The quantitative estimate of drug-likeness (QED) is 0.130. The van der Waals surface area contributed by atoms with E-state index in [1.54, 1.807) is 65.7 Å². The maximum Gasteiger partial charge on any atom is 0.350 e. The van der Waals surface area contributed by atoms with Gasteiger partial charge in [0.15, 0.2) is 17.6 Å². The van der Waals surface area contributed by atoms with Crippen LogP contribution < -0.4 is 14.9 Å². The Morgan fingerprint density at radius 3 is 2.02 bits per heavy atom. The van der Waals surface area contributed by atoms with E-state index in [4.69, 9.17) is 5.10 Å². The standard InChI is InChI=1S/C36H34N10O3S2/c1-25(47)46-32(27-17-21-38-22-18-27)42-45(35(46)50-23-30(48)39-28-11-7-5-8-12-28)24-44-31(26-15-19-37-20-16-26)40-41-34(44)51-36(2,3)33(49)43(4)29-13-9-6-10-14-29/h5-22H,23-24H2,1-4H3/p+1. The topological polar surface area (TPSA) is 145 Å². The van der Waals surface area contributed by atoms with Crippen molar-refractivity contribution in [3.05, 3.63) is 110 Å². The van der Waals surface area contributed by atoms with Crippen molar-refractivity contribution in [2.45, 2.75) is 42.5 Å². The number of pyridine rings is 2. The van der Waals surface area contributed by atoms with Crippen LogP contribution in [0.25, 0.3) is 22.8 Å². The van der Waals surface area contributed by atoms with Crippen LogP contribution in [0.3, 0.4) is 0 Å². The molecule has 2 amide bonds. The minimum Gasteiger partial charge on any atom is -0.325 e. The van der Waals surface area contributed by atoms with Crippen molar-refractivity contribution in [1.82, 2.24) is 34.4 Å². The first-order valence-electron chi connectivity index (χ1n) is 15.9. The number of benzene rings is 2. The molecule has 0 unspecified atom stereocenters. The summed E-state index contributed by atoms with van der Waals surface area (Å²) < 4.78 is 4.02. The van der Waals surface area contributed by atoms with Gasteiger partial charge in [0.2, 0.25) is 11.8 Å². The molecule has 258 valence electrons. The van der Waals surface area contributed by atoms with Crippen LogP contribution in [0.15, 0.2) is 120 Å². The van der Waals surface area contributed by atoms with Gasteiger partial charge in [0.05, 0.1) is 10.5 Å². The molecule has 4 aromatic heterocycles. The summed E-state index contributed by atoms with van der Waals surface area (Å²) in [6, 6.07) is 25.8. The largest absolute Gasteiger partial charge is 0.350 e. The summed E-state index contributed by atoms with van der Waals surface area (Å²) in [5, 5.41) is 17.8. The minimum absolute atomic E-state index is 0.00198. The van der Waals surface area contributed by atoms with Crippen molar-refractivity contribution < 1.29 is 19.1 Å². The van der Waals surface area contributed by atoms with Crippen LogP contribution in [-0.4, -0.2) is 69.7 Å². The van der Waals surface area contributed by atoms with Crippen molar-refractivity contribution in [2.24, 2.45) is 0 Å². The lowest BCUT2D eigenvalue weighted by atomic mass is 10.1. The third-order valence-corrected chi connectivity index (χ3v) is 9.95. The Bertz CT molecular complexity index is 2140. The smallest absolute Gasteiger partial charge is 0.325 e. The van der Waals surface area contributed by atoms with E-state index in [-0.39, 0.29) is 30.1 Å². The lowest BCUT2D eigenvalue weighted by Gasteiger charge is -2.28. The number of carbonyl (C=O) groups excluding carboxylic acids is 3. The molecule has 6 aromatic rings. The van der Waals surface area contributed by atoms with Crippen LogP contribution in [0.5, 0.6) is 0 Å². The summed E-state index contributed by atoms with van der Waals surface area (Å²) in [5.74, 6) is 0.213. The number of anilines is 2. The van der Waals surface area contributed by atoms with Crippen molar-refractivity contribution in [3.8, 4) is 22.8 Å². The van der Waals surface area contributed by atoms with Crippen LogP contribution in [-0.2, 0) is 16.3 Å². The van der Waals surface area contributed by atoms with Gasteiger partial charge in [0.25, 0.3) is 5.82 Å². The number of thioether (sulfide) groups is 2. The molecule has 0 saturated heterocycles. The summed E-state index contributed by atoms with van der Waals surface area (Å²) in [4.78, 5) is 50.2. The van der Waals surface area contributed by atoms with Gasteiger partial charge in [-0.2, -0.15) is 0 Å². The van der Waals surface area contributed by atoms with E-state index < -0.39 is 4.75 Å². The number of carbonyl (C=O) groups is 3. The van der Waals surface area contributed by atoms with Gasteiger partial charge in [0, 0.05) is 61.3 Å². The summed E-state index contributed by atoms with van der Waals surface area (Å²) in [5.41, 5.74) is 2.84. The number of amides is 2. The zero-order chi connectivity index (χ0) is 36.0. The Morgan fingerprint density at radius 2 is 1.41 bits per heavy atom. The van der Waals surface area contributed by atoms with Gasteiger partial charge in [0.1, 0.15) is 0 Å². The molecule has 15 heteroatoms. The lowest BCUT2D eigenvalue weighted by molar-refractivity contribution is -0.789. The fraction of sp³-hybridized carbons (Fsp3) is 0.194. The van der Waals surface area contributed by atoms with Crippen molar-refractivity contribution in [1.29, 1.82) is 0 Å². The number of hydrogen-bond donors (Lipinski definition) is 1. The molecule has 13 nitrogen and oxygen atoms in total. The second-order valence-electron chi connectivity index (χ2n) is 11.8. The molecule has 0 aliphatic heterocycles. The second kappa shape index (κ2) is 15.5. The van der Waals surface area contributed by atoms with E-state index in [0.717, 1.165) is 11.3 Å². The highest BCUT2D eigenvalue weighted by atomic mass is 32.2. The van der Waals surface area contributed by atoms with Gasteiger partial charge in [-0.1, -0.05) is 48.2 Å². The molecule has 0 bridgehead atoms. The molecule has 0 fully saturated rings.